The van der Waals surface area contributed by atoms with Gasteiger partial charge in [0.1, 0.15) is 0 Å². The molecule has 0 aliphatic carbocycles. The predicted molar refractivity (Wildman–Crippen MR) is 123 cm³/mol. The van der Waals surface area contributed by atoms with E-state index >= 15 is 0 Å². The van der Waals surface area contributed by atoms with Crippen LogP contribution in [0.4, 0.5) is 11.4 Å². The van der Waals surface area contributed by atoms with Crippen LogP contribution >= 0.6 is 0 Å². The van der Waals surface area contributed by atoms with Crippen molar-refractivity contribution in [3.63, 3.8) is 0 Å². The molecule has 0 unspecified atom stereocenters. The first-order valence-corrected chi connectivity index (χ1v) is 10.1. The third-order valence-corrected chi connectivity index (χ3v) is 6.08. The van der Waals surface area contributed by atoms with Gasteiger partial charge >= 0.3 is 0 Å². The van der Waals surface area contributed by atoms with Crippen molar-refractivity contribution < 1.29 is 0 Å². The Hall–Kier alpha value is -3.39. The van der Waals surface area contributed by atoms with Crippen LogP contribution in [-0.2, 0) is 5.41 Å². The van der Waals surface area contributed by atoms with Crippen LogP contribution in [-0.4, -0.2) is 12.8 Å². The molecule has 0 bridgehead atoms. The van der Waals surface area contributed by atoms with Crippen molar-refractivity contribution in [2.24, 2.45) is 4.99 Å². The molecule has 0 spiro atoms. The minimum Gasteiger partial charge on any atom is -0.347 e. The van der Waals surface area contributed by atoms with Crippen LogP contribution in [0.1, 0.15) is 30.5 Å². The molecule has 2 aliphatic heterocycles. The number of nitrogens with zero attached hydrogens (tertiary/aromatic N) is 2. The number of fused-ring (bicyclic) bond motifs is 2. The molecule has 3 aromatic carbocycles. The second-order valence-electron chi connectivity index (χ2n) is 8.18. The van der Waals surface area contributed by atoms with Gasteiger partial charge in [-0.2, -0.15) is 0 Å². The summed E-state index contributed by atoms with van der Waals surface area (Å²) in [6.07, 6.45) is 4.52. The summed E-state index contributed by atoms with van der Waals surface area (Å²) in [5.41, 5.74) is 9.52. The van der Waals surface area contributed by atoms with Crippen LogP contribution in [0.5, 0.6) is 0 Å². The summed E-state index contributed by atoms with van der Waals surface area (Å²) in [7, 11) is 2.16. The number of hydrogen-bond acceptors (Lipinski definition) is 2. The number of likely N-dealkylation sites (N-methyl/N-ethyl adjacent to an activating group) is 1. The van der Waals surface area contributed by atoms with Gasteiger partial charge in [-0.1, -0.05) is 86.7 Å². The first kappa shape index (κ1) is 17.7. The summed E-state index contributed by atoms with van der Waals surface area (Å²) in [5, 5.41) is 0. The van der Waals surface area contributed by atoms with E-state index in [-0.39, 0.29) is 5.41 Å². The SMILES string of the molecule is CN1/C(=C\C=C2\C(c3ccccc3)=Nc3ccccc32)C(C)(C)c2ccccc21. The minimum absolute atomic E-state index is 0.0371. The lowest BCUT2D eigenvalue weighted by atomic mass is 9.83. The molecule has 0 N–H and O–H groups in total. The number of para-hydroxylation sites is 2. The summed E-state index contributed by atoms with van der Waals surface area (Å²) in [4.78, 5) is 7.26. The Morgan fingerprint density at radius 3 is 2.28 bits per heavy atom. The highest BCUT2D eigenvalue weighted by Gasteiger charge is 2.37. The Kier molecular flexibility index (Phi) is 4.02. The molecular formula is C27H24N2. The standard InChI is InChI=1S/C27H24N2/c1-27(2)22-14-8-10-16-24(22)29(3)25(27)18-17-21-20-13-7-9-15-23(20)28-26(21)19-11-5-4-6-12-19/h4-18H,1-3H3/b21-17+,25-18-. The number of hydrogen-bond donors (Lipinski definition) is 0. The van der Waals surface area contributed by atoms with Crippen molar-refractivity contribution >= 4 is 22.7 Å². The number of benzene rings is 3. The predicted octanol–water partition coefficient (Wildman–Crippen LogP) is 6.52. The van der Waals surface area contributed by atoms with E-state index in [0.29, 0.717) is 0 Å². The van der Waals surface area contributed by atoms with Crippen LogP contribution in [0, 0.1) is 0 Å². The lowest BCUT2D eigenvalue weighted by Crippen LogP contribution is -2.22. The Balaban J connectivity index is 1.64. The maximum absolute atomic E-state index is 4.95. The van der Waals surface area contributed by atoms with Crippen molar-refractivity contribution in [1.82, 2.24) is 0 Å². The fourth-order valence-corrected chi connectivity index (χ4v) is 4.56. The molecule has 0 radical (unpaired) electrons. The van der Waals surface area contributed by atoms with Gasteiger partial charge in [-0.3, -0.25) is 0 Å². The molecule has 2 aliphatic rings. The van der Waals surface area contributed by atoms with Crippen molar-refractivity contribution in [3.8, 4) is 0 Å². The average molecular weight is 377 g/mol. The molecule has 142 valence electrons. The molecule has 0 fully saturated rings. The summed E-state index contributed by atoms with van der Waals surface area (Å²) < 4.78 is 0. The highest BCUT2D eigenvalue weighted by Crippen LogP contribution is 2.47. The quantitative estimate of drug-likeness (QED) is 0.497. The van der Waals surface area contributed by atoms with Crippen molar-refractivity contribution in [2.75, 3.05) is 11.9 Å². The van der Waals surface area contributed by atoms with E-state index < -0.39 is 0 Å². The van der Waals surface area contributed by atoms with Gasteiger partial charge in [0.2, 0.25) is 0 Å². The smallest absolute Gasteiger partial charge is 0.0788 e. The number of aliphatic imine (C=N–C) groups is 1. The van der Waals surface area contributed by atoms with Gasteiger partial charge in [-0.15, -0.1) is 0 Å². The number of anilines is 1. The summed E-state index contributed by atoms with van der Waals surface area (Å²) in [6, 6.07) is 27.5. The second-order valence-corrected chi connectivity index (χ2v) is 8.18. The van der Waals surface area contributed by atoms with Crippen molar-refractivity contribution in [2.45, 2.75) is 19.3 Å². The third kappa shape index (κ3) is 2.75. The van der Waals surface area contributed by atoms with Crippen LogP contribution in [0.2, 0.25) is 0 Å². The fraction of sp³-hybridized carbons (Fsp3) is 0.148. The third-order valence-electron chi connectivity index (χ3n) is 6.08. The molecule has 3 aromatic rings. The summed E-state index contributed by atoms with van der Waals surface area (Å²) >= 11 is 0. The monoisotopic (exact) mass is 376 g/mol. The zero-order valence-corrected chi connectivity index (χ0v) is 17.1. The highest BCUT2D eigenvalue weighted by atomic mass is 15.2. The molecule has 5 rings (SSSR count). The van der Waals surface area contributed by atoms with Gasteiger partial charge in [0.05, 0.1) is 11.4 Å². The van der Waals surface area contributed by atoms with E-state index in [4.69, 9.17) is 4.99 Å². The first-order chi connectivity index (χ1) is 14.1. The Morgan fingerprint density at radius 1 is 0.793 bits per heavy atom. The topological polar surface area (TPSA) is 15.6 Å². The molecule has 29 heavy (non-hydrogen) atoms. The molecular weight excluding hydrogens is 352 g/mol. The van der Waals surface area contributed by atoms with E-state index in [1.807, 2.05) is 6.07 Å². The van der Waals surface area contributed by atoms with Crippen LogP contribution < -0.4 is 4.90 Å². The van der Waals surface area contributed by atoms with E-state index in [1.165, 1.54) is 28.1 Å². The number of allylic oxidation sites excluding steroid dienone is 4. The number of rotatable bonds is 2. The lowest BCUT2D eigenvalue weighted by molar-refractivity contribution is 0.640. The maximum Gasteiger partial charge on any atom is 0.0788 e. The van der Waals surface area contributed by atoms with Crippen molar-refractivity contribution in [1.29, 1.82) is 0 Å². The van der Waals surface area contributed by atoms with Gasteiger partial charge in [-0.25, -0.2) is 4.99 Å². The Bertz CT molecular complexity index is 1180. The summed E-state index contributed by atoms with van der Waals surface area (Å²) in [6.45, 7) is 4.60. The molecule has 2 heteroatoms. The van der Waals surface area contributed by atoms with Crippen molar-refractivity contribution in [3.05, 3.63) is 113 Å². The largest absolute Gasteiger partial charge is 0.347 e. The van der Waals surface area contributed by atoms with E-state index in [2.05, 4.69) is 111 Å². The molecule has 0 atom stereocenters. The van der Waals surface area contributed by atoms with Crippen LogP contribution in [0.25, 0.3) is 5.57 Å². The van der Waals surface area contributed by atoms with E-state index in [0.717, 1.165) is 17.0 Å². The Morgan fingerprint density at radius 2 is 1.48 bits per heavy atom. The average Bonchev–Trinajstić information content (AvgIpc) is 3.21. The van der Waals surface area contributed by atoms with E-state index in [9.17, 15) is 0 Å². The van der Waals surface area contributed by atoms with Gasteiger partial charge < -0.3 is 4.90 Å². The second kappa shape index (κ2) is 6.59. The normalized spacial score (nSPS) is 19.4. The fourth-order valence-electron chi connectivity index (χ4n) is 4.56. The van der Waals surface area contributed by atoms with Gasteiger partial charge in [0.15, 0.2) is 0 Å². The van der Waals surface area contributed by atoms with Crippen LogP contribution in [0.3, 0.4) is 0 Å². The molecule has 0 saturated heterocycles. The van der Waals surface area contributed by atoms with E-state index in [1.54, 1.807) is 0 Å². The molecule has 2 heterocycles. The zero-order chi connectivity index (χ0) is 20.0. The molecule has 0 saturated carbocycles. The molecule has 2 nitrogen and oxygen atoms in total. The summed E-state index contributed by atoms with van der Waals surface area (Å²) in [5.74, 6) is 0. The Labute approximate surface area is 172 Å². The first-order valence-electron chi connectivity index (χ1n) is 10.1. The lowest BCUT2D eigenvalue weighted by Gasteiger charge is -2.24. The highest BCUT2D eigenvalue weighted by molar-refractivity contribution is 6.36. The molecule has 0 aromatic heterocycles. The zero-order valence-electron chi connectivity index (χ0n) is 17.1. The maximum atomic E-state index is 4.95. The van der Waals surface area contributed by atoms with Crippen LogP contribution in [0.15, 0.2) is 102 Å². The molecule has 0 amide bonds. The van der Waals surface area contributed by atoms with Gasteiger partial charge in [0, 0.05) is 40.5 Å². The van der Waals surface area contributed by atoms with Gasteiger partial charge in [0.25, 0.3) is 0 Å². The van der Waals surface area contributed by atoms with Gasteiger partial charge in [-0.05, 0) is 23.8 Å². The minimum atomic E-state index is -0.0371.